The van der Waals surface area contributed by atoms with Gasteiger partial charge in [0.25, 0.3) is 0 Å². The van der Waals surface area contributed by atoms with Crippen LogP contribution in [0.4, 0.5) is 8.78 Å². The average Bonchev–Trinajstić information content (AvgIpc) is 2.62. The van der Waals surface area contributed by atoms with E-state index in [0.29, 0.717) is 11.3 Å². The molecule has 0 aliphatic rings. The summed E-state index contributed by atoms with van der Waals surface area (Å²) >= 11 is 12.1. The summed E-state index contributed by atoms with van der Waals surface area (Å²) in [4.78, 5) is 12.2. The molecule has 0 fully saturated rings. The van der Waals surface area contributed by atoms with Crippen molar-refractivity contribution in [2.45, 2.75) is 20.1 Å². The normalized spacial score (nSPS) is 10.9. The molecule has 0 spiro atoms. The van der Waals surface area contributed by atoms with Crippen LogP contribution in [-0.4, -0.2) is 4.57 Å². The summed E-state index contributed by atoms with van der Waals surface area (Å²) in [5.41, 5.74) is 0.560. The quantitative estimate of drug-likeness (QED) is 0.567. The van der Waals surface area contributed by atoms with E-state index >= 15 is 0 Å². The molecule has 0 saturated heterocycles. The molecule has 1 heterocycles. The van der Waals surface area contributed by atoms with Gasteiger partial charge in [0, 0.05) is 28.4 Å². The Bertz CT molecular complexity index is 1010. The van der Waals surface area contributed by atoms with Gasteiger partial charge in [-0.1, -0.05) is 35.3 Å². The molecular formula is C20H15Cl2F2NO2. The first kappa shape index (κ1) is 19.4. The van der Waals surface area contributed by atoms with Gasteiger partial charge in [-0.25, -0.2) is 8.78 Å². The van der Waals surface area contributed by atoms with Gasteiger partial charge in [0.2, 0.25) is 5.43 Å². The largest absolute Gasteiger partial charge is 0.483 e. The minimum atomic E-state index is -0.519. The molecule has 7 heteroatoms. The lowest BCUT2D eigenvalue weighted by Crippen LogP contribution is -2.16. The number of halogens is 4. The SMILES string of the molecule is Cc1c(OCc2c(F)cccc2Cl)c(=O)ccn1Cc1c(F)cccc1Cl. The number of pyridine rings is 1. The van der Waals surface area contributed by atoms with Crippen molar-refractivity contribution in [3.63, 3.8) is 0 Å². The van der Waals surface area contributed by atoms with Crippen LogP contribution in [0, 0.1) is 18.6 Å². The Kier molecular flexibility index (Phi) is 5.82. The molecule has 3 nitrogen and oxygen atoms in total. The van der Waals surface area contributed by atoms with Crippen LogP contribution in [0.15, 0.2) is 53.5 Å². The Morgan fingerprint density at radius 2 is 1.56 bits per heavy atom. The summed E-state index contributed by atoms with van der Waals surface area (Å²) in [5.74, 6) is -0.917. The molecule has 3 rings (SSSR count). The van der Waals surface area contributed by atoms with Crippen molar-refractivity contribution < 1.29 is 13.5 Å². The van der Waals surface area contributed by atoms with E-state index in [1.807, 2.05) is 0 Å². The number of benzene rings is 2. The first-order valence-electron chi connectivity index (χ1n) is 8.07. The smallest absolute Gasteiger partial charge is 0.223 e. The second-order valence-corrected chi connectivity index (χ2v) is 6.73. The fourth-order valence-corrected chi connectivity index (χ4v) is 3.11. The Morgan fingerprint density at radius 3 is 2.15 bits per heavy atom. The highest BCUT2D eigenvalue weighted by Gasteiger charge is 2.14. The Morgan fingerprint density at radius 1 is 0.963 bits per heavy atom. The third-order valence-electron chi connectivity index (χ3n) is 4.20. The molecular weight excluding hydrogens is 395 g/mol. The van der Waals surface area contributed by atoms with Crippen molar-refractivity contribution >= 4 is 23.2 Å². The highest BCUT2D eigenvalue weighted by molar-refractivity contribution is 6.31. The van der Waals surface area contributed by atoms with Gasteiger partial charge in [0.1, 0.15) is 18.2 Å². The van der Waals surface area contributed by atoms with E-state index in [0.717, 1.165) is 0 Å². The summed E-state index contributed by atoms with van der Waals surface area (Å²) < 4.78 is 35.2. The van der Waals surface area contributed by atoms with Crippen molar-refractivity contribution in [2.75, 3.05) is 0 Å². The third-order valence-corrected chi connectivity index (χ3v) is 4.91. The first-order chi connectivity index (χ1) is 12.9. The molecule has 0 saturated carbocycles. The van der Waals surface area contributed by atoms with E-state index < -0.39 is 11.6 Å². The first-order valence-corrected chi connectivity index (χ1v) is 8.82. The zero-order chi connectivity index (χ0) is 19.6. The maximum absolute atomic E-state index is 14.1. The predicted molar refractivity (Wildman–Crippen MR) is 102 cm³/mol. The summed E-state index contributed by atoms with van der Waals surface area (Å²) in [6, 6.07) is 10.0. The second-order valence-electron chi connectivity index (χ2n) is 5.91. The Labute approximate surface area is 164 Å². The van der Waals surface area contributed by atoms with Crippen molar-refractivity contribution in [1.29, 1.82) is 0 Å². The lowest BCUT2D eigenvalue weighted by Gasteiger charge is -2.16. The number of nitrogens with zero attached hydrogens (tertiary/aromatic N) is 1. The number of ether oxygens (including phenoxy) is 1. The van der Waals surface area contributed by atoms with E-state index in [1.54, 1.807) is 23.6 Å². The summed E-state index contributed by atoms with van der Waals surface area (Å²) in [7, 11) is 0. The summed E-state index contributed by atoms with van der Waals surface area (Å²) in [5, 5.41) is 0.496. The van der Waals surface area contributed by atoms with Gasteiger partial charge >= 0.3 is 0 Å². The van der Waals surface area contributed by atoms with Crippen LogP contribution in [0.5, 0.6) is 5.75 Å². The molecule has 0 bridgehead atoms. The monoisotopic (exact) mass is 409 g/mol. The van der Waals surface area contributed by atoms with Crippen LogP contribution >= 0.6 is 23.2 Å². The molecule has 0 aliphatic carbocycles. The molecule has 0 unspecified atom stereocenters. The van der Waals surface area contributed by atoms with Crippen LogP contribution < -0.4 is 10.2 Å². The van der Waals surface area contributed by atoms with E-state index in [1.165, 1.54) is 36.5 Å². The Hall–Kier alpha value is -2.37. The lowest BCUT2D eigenvalue weighted by atomic mass is 10.2. The highest BCUT2D eigenvalue weighted by atomic mass is 35.5. The molecule has 27 heavy (non-hydrogen) atoms. The third kappa shape index (κ3) is 4.15. The van der Waals surface area contributed by atoms with E-state index in [4.69, 9.17) is 27.9 Å². The molecule has 0 atom stereocenters. The number of hydrogen-bond donors (Lipinski definition) is 0. The minimum Gasteiger partial charge on any atom is -0.483 e. The molecule has 0 N–H and O–H groups in total. The van der Waals surface area contributed by atoms with Crippen LogP contribution in [0.1, 0.15) is 16.8 Å². The topological polar surface area (TPSA) is 31.2 Å². The van der Waals surface area contributed by atoms with E-state index in [-0.39, 0.29) is 39.9 Å². The van der Waals surface area contributed by atoms with Crippen LogP contribution in [0.25, 0.3) is 0 Å². The van der Waals surface area contributed by atoms with Gasteiger partial charge in [0.05, 0.1) is 17.3 Å². The summed E-state index contributed by atoms with van der Waals surface area (Å²) in [6.07, 6.45) is 1.53. The fraction of sp³-hybridized carbons (Fsp3) is 0.150. The van der Waals surface area contributed by atoms with Crippen molar-refractivity contribution in [3.8, 4) is 5.75 Å². The maximum Gasteiger partial charge on any atom is 0.223 e. The number of hydrogen-bond acceptors (Lipinski definition) is 2. The van der Waals surface area contributed by atoms with Gasteiger partial charge in [-0.15, -0.1) is 0 Å². The molecule has 2 aromatic carbocycles. The molecule has 0 amide bonds. The molecule has 1 aromatic heterocycles. The standard InChI is InChI=1S/C20H15Cl2F2NO2/c1-12-20(27-11-14-16(22)5-3-7-18(14)24)19(26)8-9-25(12)10-13-15(21)4-2-6-17(13)23/h2-9H,10-11H2,1H3. The van der Waals surface area contributed by atoms with E-state index in [2.05, 4.69) is 0 Å². The maximum atomic E-state index is 14.1. The van der Waals surface area contributed by atoms with Crippen molar-refractivity contribution in [1.82, 2.24) is 4.57 Å². The van der Waals surface area contributed by atoms with Gasteiger partial charge in [-0.05, 0) is 31.2 Å². The molecule has 0 radical (unpaired) electrons. The summed E-state index contributed by atoms with van der Waals surface area (Å²) in [6.45, 7) is 1.58. The molecule has 140 valence electrons. The van der Waals surface area contributed by atoms with Gasteiger partial charge in [0.15, 0.2) is 5.75 Å². The number of rotatable bonds is 5. The second kappa shape index (κ2) is 8.11. The van der Waals surface area contributed by atoms with Crippen molar-refractivity contribution in [2.24, 2.45) is 0 Å². The predicted octanol–water partition coefficient (Wildman–Crippen LogP) is 5.37. The van der Waals surface area contributed by atoms with Gasteiger partial charge in [-0.2, -0.15) is 0 Å². The number of aromatic nitrogens is 1. The highest BCUT2D eigenvalue weighted by Crippen LogP contribution is 2.24. The van der Waals surface area contributed by atoms with Crippen LogP contribution in [0.3, 0.4) is 0 Å². The van der Waals surface area contributed by atoms with E-state index in [9.17, 15) is 13.6 Å². The van der Waals surface area contributed by atoms with Gasteiger partial charge < -0.3 is 9.30 Å². The zero-order valence-corrected chi connectivity index (χ0v) is 15.8. The lowest BCUT2D eigenvalue weighted by molar-refractivity contribution is 0.291. The van der Waals surface area contributed by atoms with Crippen LogP contribution in [-0.2, 0) is 13.2 Å². The molecule has 3 aromatic rings. The van der Waals surface area contributed by atoms with Gasteiger partial charge in [-0.3, -0.25) is 4.79 Å². The minimum absolute atomic E-state index is 0.0456. The van der Waals surface area contributed by atoms with Crippen LogP contribution in [0.2, 0.25) is 10.0 Å². The molecule has 0 aliphatic heterocycles. The van der Waals surface area contributed by atoms with Crippen molar-refractivity contribution in [3.05, 3.63) is 97.4 Å². The zero-order valence-electron chi connectivity index (χ0n) is 14.3. The average molecular weight is 410 g/mol. The fourth-order valence-electron chi connectivity index (χ4n) is 2.67. The Balaban J connectivity index is 1.91.